The average molecular weight is 220 g/mol. The smallest absolute Gasteiger partial charge is 0.227 e. The van der Waals surface area contributed by atoms with Gasteiger partial charge in [0.2, 0.25) is 5.89 Å². The first-order valence-electron chi connectivity index (χ1n) is 4.63. The molecule has 0 aliphatic carbocycles. The largest absolute Gasteiger partial charge is 0.444 e. The number of benzene rings is 1. The molecule has 0 unspecified atom stereocenters. The van der Waals surface area contributed by atoms with E-state index in [0.717, 1.165) is 16.2 Å². The second kappa shape index (κ2) is 4.51. The minimum atomic E-state index is 0.408. The topological polar surface area (TPSA) is 52.0 Å². The highest BCUT2D eigenvalue weighted by Gasteiger charge is 2.09. The van der Waals surface area contributed by atoms with Crippen LogP contribution in [-0.4, -0.2) is 11.2 Å². The van der Waals surface area contributed by atoms with E-state index in [1.54, 1.807) is 18.0 Å². The van der Waals surface area contributed by atoms with E-state index in [-0.39, 0.29) is 0 Å². The van der Waals surface area contributed by atoms with Gasteiger partial charge in [0.15, 0.2) is 0 Å². The van der Waals surface area contributed by atoms with E-state index >= 15 is 0 Å². The number of hydrogen-bond donors (Lipinski definition) is 1. The van der Waals surface area contributed by atoms with Gasteiger partial charge in [-0.15, -0.1) is 11.8 Å². The fraction of sp³-hybridized carbons (Fsp3) is 0.182. The predicted molar refractivity (Wildman–Crippen MR) is 61.6 cm³/mol. The molecule has 0 fully saturated rings. The first-order valence-corrected chi connectivity index (χ1v) is 5.85. The van der Waals surface area contributed by atoms with Crippen molar-refractivity contribution in [2.45, 2.75) is 11.4 Å². The van der Waals surface area contributed by atoms with E-state index in [0.29, 0.717) is 12.4 Å². The molecule has 0 amide bonds. The van der Waals surface area contributed by atoms with Gasteiger partial charge in [-0.1, -0.05) is 12.1 Å². The van der Waals surface area contributed by atoms with Crippen LogP contribution in [0.2, 0.25) is 0 Å². The van der Waals surface area contributed by atoms with E-state index in [4.69, 9.17) is 10.2 Å². The zero-order valence-electron chi connectivity index (χ0n) is 8.43. The highest BCUT2D eigenvalue weighted by atomic mass is 32.2. The Morgan fingerprint density at radius 2 is 2.20 bits per heavy atom. The fourth-order valence-corrected chi connectivity index (χ4v) is 1.94. The standard InChI is InChI=1S/C11H12N2OS/c1-15-10-5-3-2-4-9(10)11-13-8(6-12)7-14-11/h2-5,7H,6,12H2,1H3. The Morgan fingerprint density at radius 1 is 1.40 bits per heavy atom. The normalized spacial score (nSPS) is 10.5. The predicted octanol–water partition coefficient (Wildman–Crippen LogP) is 2.52. The summed E-state index contributed by atoms with van der Waals surface area (Å²) < 4.78 is 5.38. The lowest BCUT2D eigenvalue weighted by molar-refractivity contribution is 0.571. The van der Waals surface area contributed by atoms with Gasteiger partial charge in [0, 0.05) is 11.4 Å². The zero-order chi connectivity index (χ0) is 10.7. The number of rotatable bonds is 3. The lowest BCUT2D eigenvalue weighted by Crippen LogP contribution is -1.95. The molecule has 0 aliphatic heterocycles. The third kappa shape index (κ3) is 2.06. The van der Waals surface area contributed by atoms with Crippen LogP contribution in [0.1, 0.15) is 5.69 Å². The molecule has 0 atom stereocenters. The maximum Gasteiger partial charge on any atom is 0.227 e. The molecule has 0 saturated carbocycles. The minimum absolute atomic E-state index is 0.408. The molecule has 1 aromatic carbocycles. The maximum absolute atomic E-state index is 5.48. The second-order valence-electron chi connectivity index (χ2n) is 3.05. The molecule has 0 aliphatic rings. The van der Waals surface area contributed by atoms with Gasteiger partial charge in [-0.25, -0.2) is 4.98 Å². The van der Waals surface area contributed by atoms with E-state index in [1.165, 1.54) is 0 Å². The summed E-state index contributed by atoms with van der Waals surface area (Å²) in [6, 6.07) is 8.02. The molecule has 2 rings (SSSR count). The van der Waals surface area contributed by atoms with Gasteiger partial charge in [-0.3, -0.25) is 0 Å². The Bertz CT molecular complexity index is 453. The summed E-state index contributed by atoms with van der Waals surface area (Å²) in [6.07, 6.45) is 3.64. The summed E-state index contributed by atoms with van der Waals surface area (Å²) in [4.78, 5) is 5.46. The van der Waals surface area contributed by atoms with Crippen molar-refractivity contribution in [3.05, 3.63) is 36.2 Å². The first kappa shape index (κ1) is 10.3. The molecular weight excluding hydrogens is 208 g/mol. The average Bonchev–Trinajstić information content (AvgIpc) is 2.77. The molecule has 78 valence electrons. The summed E-state index contributed by atoms with van der Waals surface area (Å²) >= 11 is 1.68. The van der Waals surface area contributed by atoms with Gasteiger partial charge in [0.05, 0.1) is 11.3 Å². The van der Waals surface area contributed by atoms with Crippen LogP contribution >= 0.6 is 11.8 Å². The van der Waals surface area contributed by atoms with Crippen LogP contribution < -0.4 is 5.73 Å². The van der Waals surface area contributed by atoms with Gasteiger partial charge in [0.25, 0.3) is 0 Å². The molecule has 0 saturated heterocycles. The molecule has 0 radical (unpaired) electrons. The first-order chi connectivity index (χ1) is 7.35. The Morgan fingerprint density at radius 3 is 2.87 bits per heavy atom. The van der Waals surface area contributed by atoms with Crippen molar-refractivity contribution in [3.8, 4) is 11.5 Å². The van der Waals surface area contributed by atoms with Crippen LogP contribution in [0.4, 0.5) is 0 Å². The number of nitrogens with zero attached hydrogens (tertiary/aromatic N) is 1. The summed E-state index contributed by atoms with van der Waals surface area (Å²) in [5.41, 5.74) is 7.28. The van der Waals surface area contributed by atoms with Crippen LogP contribution in [0.3, 0.4) is 0 Å². The van der Waals surface area contributed by atoms with Crippen LogP contribution in [-0.2, 0) is 6.54 Å². The lowest BCUT2D eigenvalue weighted by atomic mass is 10.2. The number of thioether (sulfide) groups is 1. The SMILES string of the molecule is CSc1ccccc1-c1nc(CN)co1. The van der Waals surface area contributed by atoms with Crippen molar-refractivity contribution in [1.29, 1.82) is 0 Å². The summed E-state index contributed by atoms with van der Waals surface area (Å²) in [7, 11) is 0. The summed E-state index contributed by atoms with van der Waals surface area (Å²) in [5.74, 6) is 0.639. The van der Waals surface area contributed by atoms with Crippen molar-refractivity contribution in [2.75, 3.05) is 6.26 Å². The third-order valence-corrected chi connectivity index (χ3v) is 2.89. The molecule has 2 N–H and O–H groups in total. The van der Waals surface area contributed by atoms with Gasteiger partial charge in [-0.2, -0.15) is 0 Å². The van der Waals surface area contributed by atoms with Crippen LogP contribution in [0.25, 0.3) is 11.5 Å². The molecule has 1 heterocycles. The summed E-state index contributed by atoms with van der Waals surface area (Å²) in [5, 5.41) is 0. The lowest BCUT2D eigenvalue weighted by Gasteiger charge is -2.01. The molecule has 0 bridgehead atoms. The van der Waals surface area contributed by atoms with Gasteiger partial charge in [-0.05, 0) is 18.4 Å². The molecule has 0 spiro atoms. The van der Waals surface area contributed by atoms with Crippen molar-refractivity contribution in [3.63, 3.8) is 0 Å². The highest BCUT2D eigenvalue weighted by molar-refractivity contribution is 7.98. The maximum atomic E-state index is 5.48. The van der Waals surface area contributed by atoms with E-state index in [1.807, 2.05) is 30.5 Å². The minimum Gasteiger partial charge on any atom is -0.444 e. The zero-order valence-corrected chi connectivity index (χ0v) is 9.25. The van der Waals surface area contributed by atoms with Crippen molar-refractivity contribution < 1.29 is 4.42 Å². The molecule has 2 aromatic rings. The van der Waals surface area contributed by atoms with E-state index < -0.39 is 0 Å². The number of oxazole rings is 1. The van der Waals surface area contributed by atoms with Crippen molar-refractivity contribution in [1.82, 2.24) is 4.98 Å². The number of nitrogens with two attached hydrogens (primary N) is 1. The van der Waals surface area contributed by atoms with Crippen molar-refractivity contribution in [2.24, 2.45) is 5.73 Å². The Labute approximate surface area is 92.7 Å². The van der Waals surface area contributed by atoms with Gasteiger partial charge >= 0.3 is 0 Å². The van der Waals surface area contributed by atoms with Crippen LogP contribution in [0.15, 0.2) is 39.8 Å². The van der Waals surface area contributed by atoms with Gasteiger partial charge in [0.1, 0.15) is 6.26 Å². The quantitative estimate of drug-likeness (QED) is 0.807. The molecule has 1 aromatic heterocycles. The molecule has 4 heteroatoms. The number of aromatic nitrogens is 1. The second-order valence-corrected chi connectivity index (χ2v) is 3.90. The fourth-order valence-electron chi connectivity index (χ4n) is 1.35. The number of hydrogen-bond acceptors (Lipinski definition) is 4. The van der Waals surface area contributed by atoms with E-state index in [2.05, 4.69) is 4.98 Å². The summed E-state index contributed by atoms with van der Waals surface area (Å²) in [6.45, 7) is 0.408. The molecular formula is C11H12N2OS. The molecule has 15 heavy (non-hydrogen) atoms. The molecule has 3 nitrogen and oxygen atoms in total. The van der Waals surface area contributed by atoms with Crippen LogP contribution in [0, 0.1) is 0 Å². The van der Waals surface area contributed by atoms with Crippen LogP contribution in [0.5, 0.6) is 0 Å². The monoisotopic (exact) mass is 220 g/mol. The highest BCUT2D eigenvalue weighted by Crippen LogP contribution is 2.29. The Hall–Kier alpha value is -1.26. The third-order valence-electron chi connectivity index (χ3n) is 2.10. The Balaban J connectivity index is 2.44. The Kier molecular flexibility index (Phi) is 3.08. The van der Waals surface area contributed by atoms with Crippen molar-refractivity contribution >= 4 is 11.8 Å². The van der Waals surface area contributed by atoms with E-state index in [9.17, 15) is 0 Å². The van der Waals surface area contributed by atoms with Gasteiger partial charge < -0.3 is 10.2 Å².